The third kappa shape index (κ3) is 3.54. The topological polar surface area (TPSA) is 42.2 Å². The summed E-state index contributed by atoms with van der Waals surface area (Å²) < 4.78 is 38.8. The van der Waals surface area contributed by atoms with Gasteiger partial charge in [0, 0.05) is 11.5 Å². The molecule has 1 aromatic carbocycles. The fourth-order valence-corrected chi connectivity index (χ4v) is 3.58. The third-order valence-corrected chi connectivity index (χ3v) is 5.10. The predicted octanol–water partition coefficient (Wildman–Crippen LogP) is 4.32. The van der Waals surface area contributed by atoms with Gasteiger partial charge in [0.05, 0.1) is 13.2 Å². The Morgan fingerprint density at radius 3 is 2.09 bits per heavy atom. The van der Waals surface area contributed by atoms with Crippen LogP contribution in [0.3, 0.4) is 0 Å². The number of hydrogen-bond donors (Lipinski definition) is 0. The SMILES string of the molecule is CC1CCC(C2COC(c3cc(F)c(C#N)c(F)c3)OC2)CC1. The van der Waals surface area contributed by atoms with Crippen LogP contribution >= 0.6 is 0 Å². The van der Waals surface area contributed by atoms with Crippen LogP contribution in [0.4, 0.5) is 8.78 Å². The molecular weight excluding hydrogens is 300 g/mol. The zero-order valence-corrected chi connectivity index (χ0v) is 13.2. The summed E-state index contributed by atoms with van der Waals surface area (Å²) in [4.78, 5) is 0. The van der Waals surface area contributed by atoms with Crippen LogP contribution in [-0.4, -0.2) is 13.2 Å². The highest BCUT2D eigenvalue weighted by Crippen LogP contribution is 2.37. The zero-order valence-electron chi connectivity index (χ0n) is 13.2. The van der Waals surface area contributed by atoms with E-state index in [2.05, 4.69) is 6.92 Å². The summed E-state index contributed by atoms with van der Waals surface area (Å²) in [5, 5.41) is 8.71. The van der Waals surface area contributed by atoms with Gasteiger partial charge in [0.2, 0.25) is 0 Å². The van der Waals surface area contributed by atoms with Crippen molar-refractivity contribution in [2.24, 2.45) is 17.8 Å². The Bertz CT molecular complexity index is 575. The van der Waals surface area contributed by atoms with Crippen LogP contribution in [0, 0.1) is 40.7 Å². The first kappa shape index (κ1) is 16.4. The Hall–Kier alpha value is -1.51. The van der Waals surface area contributed by atoms with E-state index in [9.17, 15) is 8.78 Å². The van der Waals surface area contributed by atoms with Crippen LogP contribution in [0.1, 0.15) is 50.0 Å². The van der Waals surface area contributed by atoms with Crippen molar-refractivity contribution in [1.29, 1.82) is 5.26 Å². The standard InChI is InChI=1S/C18H21F2NO2/c1-11-2-4-12(5-3-11)14-9-22-18(23-10-14)13-6-16(19)15(8-21)17(20)7-13/h6-7,11-12,14,18H,2-5,9-10H2,1H3. The molecule has 1 heterocycles. The maximum atomic E-state index is 13.7. The molecule has 0 bridgehead atoms. The molecular formula is C18H21F2NO2. The second-order valence-corrected chi connectivity index (χ2v) is 6.75. The number of rotatable bonds is 2. The van der Waals surface area contributed by atoms with Crippen LogP contribution in [-0.2, 0) is 9.47 Å². The first-order valence-electron chi connectivity index (χ1n) is 8.20. The van der Waals surface area contributed by atoms with Crippen molar-refractivity contribution in [1.82, 2.24) is 0 Å². The van der Waals surface area contributed by atoms with E-state index >= 15 is 0 Å². The highest BCUT2D eigenvalue weighted by Gasteiger charge is 2.32. The Labute approximate surface area is 135 Å². The Kier molecular flexibility index (Phi) is 4.93. The highest BCUT2D eigenvalue weighted by atomic mass is 19.1. The lowest BCUT2D eigenvalue weighted by atomic mass is 9.76. The van der Waals surface area contributed by atoms with Crippen LogP contribution in [0.5, 0.6) is 0 Å². The van der Waals surface area contributed by atoms with Gasteiger partial charge in [-0.25, -0.2) is 8.78 Å². The summed E-state index contributed by atoms with van der Waals surface area (Å²) in [6, 6.07) is 3.76. The molecule has 1 saturated carbocycles. The minimum absolute atomic E-state index is 0.287. The average Bonchev–Trinajstić information content (AvgIpc) is 2.55. The molecule has 1 aliphatic heterocycles. The van der Waals surface area contributed by atoms with E-state index in [1.165, 1.54) is 31.8 Å². The smallest absolute Gasteiger partial charge is 0.184 e. The number of ether oxygens (including phenoxy) is 2. The molecule has 0 spiro atoms. The van der Waals surface area contributed by atoms with Crippen LogP contribution < -0.4 is 0 Å². The lowest BCUT2D eigenvalue weighted by molar-refractivity contribution is -0.214. The van der Waals surface area contributed by atoms with Crippen molar-refractivity contribution in [2.45, 2.75) is 38.9 Å². The maximum absolute atomic E-state index is 13.7. The number of nitrogens with zero attached hydrogens (tertiary/aromatic N) is 1. The minimum atomic E-state index is -0.877. The molecule has 23 heavy (non-hydrogen) atoms. The molecule has 0 aromatic heterocycles. The molecule has 0 radical (unpaired) electrons. The molecule has 3 rings (SSSR count). The molecule has 0 N–H and O–H groups in total. The zero-order chi connectivity index (χ0) is 16.4. The first-order valence-corrected chi connectivity index (χ1v) is 8.20. The molecule has 1 aliphatic carbocycles. The lowest BCUT2D eigenvalue weighted by Crippen LogP contribution is -2.34. The molecule has 2 fully saturated rings. The predicted molar refractivity (Wildman–Crippen MR) is 80.3 cm³/mol. The van der Waals surface area contributed by atoms with Crippen molar-refractivity contribution in [3.05, 3.63) is 34.9 Å². The number of benzene rings is 1. The van der Waals surface area contributed by atoms with E-state index in [-0.39, 0.29) is 5.56 Å². The summed E-state index contributed by atoms with van der Waals surface area (Å²) in [5.74, 6) is 0.0126. The monoisotopic (exact) mass is 321 g/mol. The Morgan fingerprint density at radius 2 is 1.57 bits per heavy atom. The van der Waals surface area contributed by atoms with Crippen molar-refractivity contribution >= 4 is 0 Å². The second kappa shape index (κ2) is 6.94. The quantitative estimate of drug-likeness (QED) is 0.814. The molecule has 2 aliphatic rings. The van der Waals surface area contributed by atoms with Crippen LogP contribution in [0.15, 0.2) is 12.1 Å². The molecule has 1 saturated heterocycles. The van der Waals surface area contributed by atoms with Gasteiger partial charge in [0.15, 0.2) is 6.29 Å². The summed E-state index contributed by atoms with van der Waals surface area (Å²) in [6.07, 6.45) is 4.13. The summed E-state index contributed by atoms with van der Waals surface area (Å²) >= 11 is 0. The van der Waals surface area contributed by atoms with Gasteiger partial charge in [-0.3, -0.25) is 0 Å². The largest absolute Gasteiger partial charge is 0.348 e. The van der Waals surface area contributed by atoms with Gasteiger partial charge in [-0.15, -0.1) is 0 Å². The molecule has 0 amide bonds. The van der Waals surface area contributed by atoms with Gasteiger partial charge in [-0.05, 0) is 36.8 Å². The third-order valence-electron chi connectivity index (χ3n) is 5.10. The van der Waals surface area contributed by atoms with Crippen molar-refractivity contribution in [2.75, 3.05) is 13.2 Å². The lowest BCUT2D eigenvalue weighted by Gasteiger charge is -2.37. The minimum Gasteiger partial charge on any atom is -0.348 e. The van der Waals surface area contributed by atoms with E-state index in [0.717, 1.165) is 18.1 Å². The van der Waals surface area contributed by atoms with Crippen LogP contribution in [0.2, 0.25) is 0 Å². The maximum Gasteiger partial charge on any atom is 0.184 e. The van der Waals surface area contributed by atoms with Crippen LogP contribution in [0.25, 0.3) is 0 Å². The Morgan fingerprint density at radius 1 is 1.00 bits per heavy atom. The van der Waals surface area contributed by atoms with E-state index < -0.39 is 23.5 Å². The molecule has 0 atom stereocenters. The van der Waals surface area contributed by atoms with E-state index in [1.807, 2.05) is 0 Å². The van der Waals surface area contributed by atoms with Gasteiger partial charge in [-0.1, -0.05) is 19.8 Å². The van der Waals surface area contributed by atoms with Gasteiger partial charge in [0.1, 0.15) is 23.3 Å². The molecule has 3 nitrogen and oxygen atoms in total. The summed E-state index contributed by atoms with van der Waals surface area (Å²) in [5.41, 5.74) is -0.284. The summed E-state index contributed by atoms with van der Waals surface area (Å²) in [7, 11) is 0. The fraction of sp³-hybridized carbons (Fsp3) is 0.611. The van der Waals surface area contributed by atoms with Gasteiger partial charge < -0.3 is 9.47 Å². The molecule has 1 aromatic rings. The van der Waals surface area contributed by atoms with Gasteiger partial charge in [-0.2, -0.15) is 5.26 Å². The average molecular weight is 321 g/mol. The van der Waals surface area contributed by atoms with E-state index in [1.54, 1.807) is 0 Å². The van der Waals surface area contributed by atoms with E-state index in [4.69, 9.17) is 14.7 Å². The fourth-order valence-electron chi connectivity index (χ4n) is 3.58. The number of nitriles is 1. The Balaban J connectivity index is 1.62. The highest BCUT2D eigenvalue weighted by molar-refractivity contribution is 5.35. The first-order chi connectivity index (χ1) is 11.1. The summed E-state index contributed by atoms with van der Waals surface area (Å²) in [6.45, 7) is 3.38. The van der Waals surface area contributed by atoms with Crippen molar-refractivity contribution in [3.63, 3.8) is 0 Å². The molecule has 124 valence electrons. The number of halogens is 2. The normalized spacial score (nSPS) is 31.6. The van der Waals surface area contributed by atoms with Gasteiger partial charge >= 0.3 is 0 Å². The second-order valence-electron chi connectivity index (χ2n) is 6.75. The molecule has 5 heteroatoms. The van der Waals surface area contributed by atoms with E-state index in [0.29, 0.717) is 25.0 Å². The van der Waals surface area contributed by atoms with Crippen molar-refractivity contribution < 1.29 is 18.3 Å². The molecule has 0 unspecified atom stereocenters. The van der Waals surface area contributed by atoms with Gasteiger partial charge in [0.25, 0.3) is 0 Å². The van der Waals surface area contributed by atoms with Crippen molar-refractivity contribution in [3.8, 4) is 6.07 Å². The number of hydrogen-bond acceptors (Lipinski definition) is 3.